The van der Waals surface area contributed by atoms with Gasteiger partial charge in [-0.25, -0.2) is 14.5 Å². The van der Waals surface area contributed by atoms with Gasteiger partial charge in [0, 0.05) is 13.1 Å². The SMILES string of the molecule is O=C(O)c1cn(CC2CN(c3nc4ccccc4s3)CCO2)nn1. The lowest BCUT2D eigenvalue weighted by molar-refractivity contribution is 0.0271. The van der Waals surface area contributed by atoms with Crippen LogP contribution in [0.4, 0.5) is 5.13 Å². The number of anilines is 1. The molecule has 0 aliphatic carbocycles. The minimum atomic E-state index is -1.08. The van der Waals surface area contributed by atoms with E-state index in [2.05, 4.69) is 26.3 Å². The van der Waals surface area contributed by atoms with E-state index in [1.54, 1.807) is 11.3 Å². The fourth-order valence-electron chi connectivity index (χ4n) is 2.69. The van der Waals surface area contributed by atoms with Crippen LogP contribution in [-0.4, -0.2) is 56.9 Å². The van der Waals surface area contributed by atoms with Crippen molar-refractivity contribution in [3.8, 4) is 0 Å². The summed E-state index contributed by atoms with van der Waals surface area (Å²) in [7, 11) is 0. The van der Waals surface area contributed by atoms with Gasteiger partial charge in [-0.3, -0.25) is 0 Å². The first-order chi connectivity index (χ1) is 11.7. The number of aromatic carboxylic acids is 1. The highest BCUT2D eigenvalue weighted by atomic mass is 32.1. The fourth-order valence-corrected chi connectivity index (χ4v) is 3.69. The second kappa shape index (κ2) is 6.17. The maximum atomic E-state index is 10.9. The van der Waals surface area contributed by atoms with Crippen LogP contribution in [0.25, 0.3) is 10.2 Å². The molecule has 124 valence electrons. The van der Waals surface area contributed by atoms with Crippen molar-refractivity contribution in [2.45, 2.75) is 12.6 Å². The smallest absolute Gasteiger partial charge is 0.358 e. The van der Waals surface area contributed by atoms with Crippen LogP contribution in [0.1, 0.15) is 10.5 Å². The predicted molar refractivity (Wildman–Crippen MR) is 88.6 cm³/mol. The molecule has 0 spiro atoms. The van der Waals surface area contributed by atoms with Gasteiger partial charge in [-0.1, -0.05) is 28.7 Å². The number of morpholine rings is 1. The van der Waals surface area contributed by atoms with Crippen molar-refractivity contribution in [3.05, 3.63) is 36.2 Å². The number of hydrogen-bond acceptors (Lipinski definition) is 7. The summed E-state index contributed by atoms with van der Waals surface area (Å²) in [5.41, 5.74) is 0.941. The highest BCUT2D eigenvalue weighted by Crippen LogP contribution is 2.29. The molecule has 0 amide bonds. The average Bonchev–Trinajstić information content (AvgIpc) is 3.21. The molecule has 0 radical (unpaired) electrons. The van der Waals surface area contributed by atoms with Crippen LogP contribution in [0.15, 0.2) is 30.5 Å². The van der Waals surface area contributed by atoms with Crippen molar-refractivity contribution in [1.29, 1.82) is 0 Å². The second-order valence-electron chi connectivity index (χ2n) is 5.53. The standard InChI is InChI=1S/C15H15N5O3S/c21-14(22)12-9-20(18-17-12)8-10-7-19(5-6-23-10)15-16-11-3-1-2-4-13(11)24-15/h1-4,9-10H,5-8H2,(H,21,22). The first-order valence-electron chi connectivity index (χ1n) is 7.54. The van der Waals surface area contributed by atoms with Gasteiger partial charge in [0.05, 0.1) is 35.7 Å². The maximum absolute atomic E-state index is 10.9. The van der Waals surface area contributed by atoms with Gasteiger partial charge in [0.1, 0.15) is 0 Å². The number of carboxylic acids is 1. The Morgan fingerprint density at radius 3 is 3.08 bits per heavy atom. The Hall–Kier alpha value is -2.52. The molecule has 3 aromatic rings. The van der Waals surface area contributed by atoms with Crippen molar-refractivity contribution >= 4 is 32.7 Å². The number of ether oxygens (including phenoxy) is 1. The minimum absolute atomic E-state index is 0.0613. The quantitative estimate of drug-likeness (QED) is 0.765. The topological polar surface area (TPSA) is 93.4 Å². The Morgan fingerprint density at radius 1 is 1.42 bits per heavy atom. The zero-order chi connectivity index (χ0) is 16.5. The number of rotatable bonds is 4. The molecule has 8 nitrogen and oxygen atoms in total. The molecule has 1 unspecified atom stereocenters. The first-order valence-corrected chi connectivity index (χ1v) is 8.36. The Bertz CT molecular complexity index is 844. The number of nitrogens with zero attached hydrogens (tertiary/aromatic N) is 5. The lowest BCUT2D eigenvalue weighted by atomic mass is 10.3. The van der Waals surface area contributed by atoms with Crippen molar-refractivity contribution in [1.82, 2.24) is 20.0 Å². The molecule has 24 heavy (non-hydrogen) atoms. The summed E-state index contributed by atoms with van der Waals surface area (Å²) < 4.78 is 8.45. The number of carbonyl (C=O) groups is 1. The zero-order valence-electron chi connectivity index (χ0n) is 12.7. The monoisotopic (exact) mass is 345 g/mol. The molecule has 0 bridgehead atoms. The van der Waals surface area contributed by atoms with Gasteiger partial charge in [-0.2, -0.15) is 0 Å². The van der Waals surface area contributed by atoms with Crippen LogP contribution in [0, 0.1) is 0 Å². The van der Waals surface area contributed by atoms with E-state index in [-0.39, 0.29) is 11.8 Å². The summed E-state index contributed by atoms with van der Waals surface area (Å²) in [6, 6.07) is 8.07. The number of hydrogen-bond donors (Lipinski definition) is 1. The molecule has 4 rings (SSSR count). The number of thiazole rings is 1. The number of benzene rings is 1. The van der Waals surface area contributed by atoms with Crippen LogP contribution in [0.5, 0.6) is 0 Å². The minimum Gasteiger partial charge on any atom is -0.476 e. The summed E-state index contributed by atoms with van der Waals surface area (Å²) in [5, 5.41) is 17.3. The van der Waals surface area contributed by atoms with E-state index in [1.807, 2.05) is 18.2 Å². The van der Waals surface area contributed by atoms with E-state index in [4.69, 9.17) is 9.84 Å². The van der Waals surface area contributed by atoms with Gasteiger partial charge in [-0.05, 0) is 12.1 Å². The lowest BCUT2D eigenvalue weighted by Crippen LogP contribution is -2.44. The highest BCUT2D eigenvalue weighted by molar-refractivity contribution is 7.22. The predicted octanol–water partition coefficient (Wildman–Crippen LogP) is 1.49. The highest BCUT2D eigenvalue weighted by Gasteiger charge is 2.24. The largest absolute Gasteiger partial charge is 0.476 e. The summed E-state index contributed by atoms with van der Waals surface area (Å²) in [6.07, 6.45) is 1.33. The molecule has 1 atom stereocenters. The molecule has 1 aliphatic rings. The maximum Gasteiger partial charge on any atom is 0.358 e. The number of aromatic nitrogens is 4. The van der Waals surface area contributed by atoms with E-state index < -0.39 is 5.97 Å². The van der Waals surface area contributed by atoms with Gasteiger partial charge < -0.3 is 14.7 Å². The third-order valence-corrected chi connectivity index (χ3v) is 4.94. The molecule has 2 aromatic heterocycles. The van der Waals surface area contributed by atoms with Gasteiger partial charge in [0.2, 0.25) is 0 Å². The molecule has 1 aromatic carbocycles. The van der Waals surface area contributed by atoms with E-state index >= 15 is 0 Å². The van der Waals surface area contributed by atoms with Crippen molar-refractivity contribution in [2.75, 3.05) is 24.6 Å². The van der Waals surface area contributed by atoms with Crippen LogP contribution in [-0.2, 0) is 11.3 Å². The molecule has 1 N–H and O–H groups in total. The summed E-state index contributed by atoms with van der Waals surface area (Å²) in [6.45, 7) is 2.53. The molecule has 0 saturated carbocycles. The molecular weight excluding hydrogens is 330 g/mol. The van der Waals surface area contributed by atoms with Crippen LogP contribution in [0.3, 0.4) is 0 Å². The summed E-state index contributed by atoms with van der Waals surface area (Å²) in [5.74, 6) is -1.08. The normalized spacial score (nSPS) is 18.2. The first kappa shape index (κ1) is 15.0. The van der Waals surface area contributed by atoms with E-state index in [9.17, 15) is 4.79 Å². The Morgan fingerprint density at radius 2 is 2.29 bits per heavy atom. The Balaban J connectivity index is 1.47. The Kier molecular flexibility index (Phi) is 3.87. The summed E-state index contributed by atoms with van der Waals surface area (Å²) in [4.78, 5) is 17.8. The second-order valence-corrected chi connectivity index (χ2v) is 6.54. The molecule has 9 heteroatoms. The molecular formula is C15H15N5O3S. The molecule has 3 heterocycles. The number of carboxylic acid groups (broad SMARTS) is 1. The fraction of sp³-hybridized carbons (Fsp3) is 0.333. The van der Waals surface area contributed by atoms with Crippen LogP contribution >= 0.6 is 11.3 Å². The molecule has 1 saturated heterocycles. The van der Waals surface area contributed by atoms with Gasteiger partial charge >= 0.3 is 5.97 Å². The lowest BCUT2D eigenvalue weighted by Gasteiger charge is -2.32. The number of para-hydroxylation sites is 1. The third-order valence-electron chi connectivity index (χ3n) is 3.84. The van der Waals surface area contributed by atoms with Crippen LogP contribution < -0.4 is 4.90 Å². The van der Waals surface area contributed by atoms with Crippen molar-refractivity contribution in [2.24, 2.45) is 0 Å². The molecule has 1 aliphatic heterocycles. The zero-order valence-corrected chi connectivity index (χ0v) is 13.5. The van der Waals surface area contributed by atoms with Crippen molar-refractivity contribution < 1.29 is 14.6 Å². The van der Waals surface area contributed by atoms with Crippen molar-refractivity contribution in [3.63, 3.8) is 0 Å². The Labute approximate surface area is 141 Å². The average molecular weight is 345 g/mol. The van der Waals surface area contributed by atoms with Crippen LogP contribution in [0.2, 0.25) is 0 Å². The van der Waals surface area contributed by atoms with E-state index in [1.165, 1.54) is 10.9 Å². The van der Waals surface area contributed by atoms with E-state index in [0.717, 1.165) is 21.9 Å². The molecule has 1 fully saturated rings. The van der Waals surface area contributed by atoms with Gasteiger partial charge in [0.25, 0.3) is 0 Å². The number of fused-ring (bicyclic) bond motifs is 1. The van der Waals surface area contributed by atoms with Gasteiger partial charge in [0.15, 0.2) is 10.8 Å². The van der Waals surface area contributed by atoms with Gasteiger partial charge in [-0.15, -0.1) is 5.10 Å². The summed E-state index contributed by atoms with van der Waals surface area (Å²) >= 11 is 1.67. The van der Waals surface area contributed by atoms with E-state index in [0.29, 0.717) is 19.7 Å². The third kappa shape index (κ3) is 2.95.